The van der Waals surface area contributed by atoms with E-state index in [9.17, 15) is 9.59 Å². The second kappa shape index (κ2) is 12.7. The topological polar surface area (TPSA) is 77.1 Å². The van der Waals surface area contributed by atoms with Crippen LogP contribution in [0, 0.1) is 0 Å². The lowest BCUT2D eigenvalue weighted by Crippen LogP contribution is -2.51. The Kier molecular flexibility index (Phi) is 9.38. The first-order valence-electron chi connectivity index (χ1n) is 11.1. The number of amides is 2. The lowest BCUT2D eigenvalue weighted by molar-refractivity contribution is -0.142. The van der Waals surface area contributed by atoms with Crippen molar-refractivity contribution in [3.8, 4) is 17.2 Å². The van der Waals surface area contributed by atoms with E-state index in [4.69, 9.17) is 25.8 Å². The van der Waals surface area contributed by atoms with Crippen LogP contribution in [0.25, 0.3) is 0 Å². The predicted molar refractivity (Wildman–Crippen MR) is 135 cm³/mol. The normalized spacial score (nSPS) is 11.3. The number of hydrogen-bond donors (Lipinski definition) is 1. The van der Waals surface area contributed by atoms with Crippen molar-refractivity contribution in [3.05, 3.63) is 88.9 Å². The van der Waals surface area contributed by atoms with Crippen molar-refractivity contribution in [3.63, 3.8) is 0 Å². The number of rotatable bonds is 11. The Bertz CT molecular complexity index is 1120. The Morgan fingerprint density at radius 3 is 2.11 bits per heavy atom. The largest absolute Gasteiger partial charge is 0.496 e. The fourth-order valence-electron chi connectivity index (χ4n) is 3.65. The molecule has 0 aliphatic carbocycles. The summed E-state index contributed by atoms with van der Waals surface area (Å²) in [7, 11) is 4.63. The van der Waals surface area contributed by atoms with Crippen LogP contribution in [0.15, 0.2) is 72.8 Å². The minimum absolute atomic E-state index is 0.190. The van der Waals surface area contributed by atoms with Crippen LogP contribution in [0.1, 0.15) is 11.1 Å². The zero-order chi connectivity index (χ0) is 25.2. The van der Waals surface area contributed by atoms with E-state index in [1.165, 1.54) is 19.1 Å². The second-order valence-corrected chi connectivity index (χ2v) is 8.24. The van der Waals surface area contributed by atoms with Gasteiger partial charge in [0.2, 0.25) is 5.91 Å². The van der Waals surface area contributed by atoms with Crippen LogP contribution in [0.2, 0.25) is 5.02 Å². The molecule has 0 aliphatic rings. The van der Waals surface area contributed by atoms with E-state index < -0.39 is 6.04 Å². The molecule has 184 valence electrons. The zero-order valence-electron chi connectivity index (χ0n) is 20.0. The van der Waals surface area contributed by atoms with Crippen LogP contribution in [0.4, 0.5) is 0 Å². The Hall–Kier alpha value is -3.71. The molecular formula is C27H29ClN2O5. The van der Waals surface area contributed by atoms with Crippen molar-refractivity contribution in [1.29, 1.82) is 0 Å². The van der Waals surface area contributed by atoms with Crippen molar-refractivity contribution in [1.82, 2.24) is 10.2 Å². The molecule has 3 rings (SSSR count). The molecule has 0 radical (unpaired) electrons. The van der Waals surface area contributed by atoms with Gasteiger partial charge in [-0.3, -0.25) is 9.59 Å². The van der Waals surface area contributed by atoms with E-state index in [0.717, 1.165) is 11.1 Å². The second-order valence-electron chi connectivity index (χ2n) is 7.81. The molecule has 0 spiro atoms. The van der Waals surface area contributed by atoms with Crippen molar-refractivity contribution in [2.24, 2.45) is 0 Å². The number of nitrogens with one attached hydrogen (secondary N) is 1. The minimum atomic E-state index is -0.752. The lowest BCUT2D eigenvalue weighted by atomic mass is 10.0. The summed E-state index contributed by atoms with van der Waals surface area (Å²) in [6, 6.07) is 21.1. The van der Waals surface area contributed by atoms with Gasteiger partial charge in [0.15, 0.2) is 6.61 Å². The molecule has 2 amide bonds. The van der Waals surface area contributed by atoms with Gasteiger partial charge in [0.05, 0.1) is 14.2 Å². The third-order valence-corrected chi connectivity index (χ3v) is 5.68. The van der Waals surface area contributed by atoms with E-state index in [1.54, 1.807) is 37.4 Å². The molecule has 1 N–H and O–H groups in total. The molecule has 0 heterocycles. The first-order valence-corrected chi connectivity index (χ1v) is 11.5. The summed E-state index contributed by atoms with van der Waals surface area (Å²) in [6.45, 7) is -0.0890. The molecule has 0 saturated heterocycles. The Morgan fingerprint density at radius 2 is 1.51 bits per heavy atom. The number of methoxy groups -OCH3 is 2. The van der Waals surface area contributed by atoms with Crippen molar-refractivity contribution in [2.75, 3.05) is 27.9 Å². The highest BCUT2D eigenvalue weighted by atomic mass is 35.5. The first kappa shape index (κ1) is 25.9. The molecular weight excluding hydrogens is 468 g/mol. The van der Waals surface area contributed by atoms with E-state index in [-0.39, 0.29) is 25.0 Å². The summed E-state index contributed by atoms with van der Waals surface area (Å²) >= 11 is 6.17. The Balaban J connectivity index is 1.88. The van der Waals surface area contributed by atoms with Crippen LogP contribution >= 0.6 is 11.6 Å². The fraction of sp³-hybridized carbons (Fsp3) is 0.259. The van der Waals surface area contributed by atoms with Crippen LogP contribution in [0.3, 0.4) is 0 Å². The molecule has 3 aromatic carbocycles. The maximum absolute atomic E-state index is 13.5. The molecule has 3 aromatic rings. The monoisotopic (exact) mass is 496 g/mol. The minimum Gasteiger partial charge on any atom is -0.496 e. The standard InChI is InChI=1S/C27H29ClN2O5/c1-29-27(32)25(13-19-8-5-4-6-9-19)30(17-20-10-7-11-21(28)12-20)26(31)18-35-24-15-22(33-2)14-23(16-24)34-3/h4-12,14-16,25H,13,17-18H2,1-3H3,(H,29,32)/t25-/m1/s1. The summed E-state index contributed by atoms with van der Waals surface area (Å²) < 4.78 is 16.3. The van der Waals surface area contributed by atoms with Gasteiger partial charge in [0, 0.05) is 43.2 Å². The van der Waals surface area contributed by atoms with Gasteiger partial charge in [0.25, 0.3) is 5.91 Å². The van der Waals surface area contributed by atoms with Gasteiger partial charge in [-0.15, -0.1) is 0 Å². The average molecular weight is 497 g/mol. The summed E-state index contributed by atoms with van der Waals surface area (Å²) in [5.74, 6) is 0.866. The molecule has 8 heteroatoms. The maximum Gasteiger partial charge on any atom is 0.261 e. The highest BCUT2D eigenvalue weighted by molar-refractivity contribution is 6.30. The number of likely N-dealkylation sites (N-methyl/N-ethyl adjacent to an activating group) is 1. The summed E-state index contributed by atoms with van der Waals surface area (Å²) in [4.78, 5) is 28.0. The van der Waals surface area contributed by atoms with Crippen molar-refractivity contribution >= 4 is 23.4 Å². The quantitative estimate of drug-likeness (QED) is 0.432. The van der Waals surface area contributed by atoms with E-state index in [2.05, 4.69) is 5.32 Å². The van der Waals surface area contributed by atoms with Gasteiger partial charge >= 0.3 is 0 Å². The smallest absolute Gasteiger partial charge is 0.261 e. The molecule has 0 aliphatic heterocycles. The van der Waals surface area contributed by atoms with Gasteiger partial charge in [-0.05, 0) is 23.3 Å². The number of hydrogen-bond acceptors (Lipinski definition) is 5. The fourth-order valence-corrected chi connectivity index (χ4v) is 3.86. The number of carbonyl (C=O) groups excluding carboxylic acids is 2. The van der Waals surface area contributed by atoms with Crippen molar-refractivity contribution < 1.29 is 23.8 Å². The van der Waals surface area contributed by atoms with Gasteiger partial charge < -0.3 is 24.4 Å². The Morgan fingerprint density at radius 1 is 0.886 bits per heavy atom. The highest BCUT2D eigenvalue weighted by Gasteiger charge is 2.30. The first-order chi connectivity index (χ1) is 16.9. The van der Waals surface area contributed by atoms with Crippen LogP contribution in [-0.2, 0) is 22.6 Å². The Labute approximate surface area is 210 Å². The molecule has 0 saturated carbocycles. The average Bonchev–Trinajstić information content (AvgIpc) is 2.89. The van der Waals surface area contributed by atoms with E-state index in [0.29, 0.717) is 28.7 Å². The number of nitrogens with zero attached hydrogens (tertiary/aromatic N) is 1. The zero-order valence-corrected chi connectivity index (χ0v) is 20.7. The predicted octanol–water partition coefficient (Wildman–Crippen LogP) is 4.12. The highest BCUT2D eigenvalue weighted by Crippen LogP contribution is 2.27. The van der Waals surface area contributed by atoms with Crippen molar-refractivity contribution in [2.45, 2.75) is 19.0 Å². The number of carbonyl (C=O) groups is 2. The van der Waals surface area contributed by atoms with Gasteiger partial charge in [0.1, 0.15) is 23.3 Å². The summed E-state index contributed by atoms with van der Waals surface area (Å²) in [5.41, 5.74) is 1.74. The van der Waals surface area contributed by atoms with Gasteiger partial charge in [-0.2, -0.15) is 0 Å². The third-order valence-electron chi connectivity index (χ3n) is 5.45. The van der Waals surface area contributed by atoms with Gasteiger partial charge in [-0.25, -0.2) is 0 Å². The molecule has 7 nitrogen and oxygen atoms in total. The molecule has 1 atom stereocenters. The van der Waals surface area contributed by atoms with Gasteiger partial charge in [-0.1, -0.05) is 54.1 Å². The number of ether oxygens (including phenoxy) is 3. The molecule has 0 aromatic heterocycles. The third kappa shape index (κ3) is 7.39. The summed E-state index contributed by atoms with van der Waals surface area (Å²) in [6.07, 6.45) is 0.347. The van der Waals surface area contributed by atoms with Crippen LogP contribution < -0.4 is 19.5 Å². The maximum atomic E-state index is 13.5. The van der Waals surface area contributed by atoms with E-state index in [1.807, 2.05) is 42.5 Å². The SMILES string of the molecule is CNC(=O)[C@@H](Cc1ccccc1)N(Cc1cccc(Cl)c1)C(=O)COc1cc(OC)cc(OC)c1. The molecule has 35 heavy (non-hydrogen) atoms. The number of halogens is 1. The molecule has 0 unspecified atom stereocenters. The van der Waals surface area contributed by atoms with E-state index >= 15 is 0 Å². The van der Waals surface area contributed by atoms with Crippen LogP contribution in [0.5, 0.6) is 17.2 Å². The lowest BCUT2D eigenvalue weighted by Gasteiger charge is -2.31. The van der Waals surface area contributed by atoms with Crippen LogP contribution in [-0.4, -0.2) is 50.6 Å². The molecule has 0 fully saturated rings. The summed E-state index contributed by atoms with van der Waals surface area (Å²) in [5, 5.41) is 3.24. The number of benzene rings is 3. The molecule has 0 bridgehead atoms.